The molecule has 24 aromatic rings. The monoisotopic (exact) mass is 1800 g/mol. The lowest BCUT2D eigenvalue weighted by molar-refractivity contribution is 0.745. The Labute approximate surface area is 819 Å². The summed E-state index contributed by atoms with van der Waals surface area (Å²) < 4.78 is 4.69. The van der Waals surface area contributed by atoms with Gasteiger partial charge in [0.15, 0.2) is 17.5 Å². The van der Waals surface area contributed by atoms with Crippen LogP contribution in [-0.2, 0) is 5.41 Å². The van der Waals surface area contributed by atoms with Crippen molar-refractivity contribution in [3.8, 4) is 135 Å². The third kappa shape index (κ3) is 17.5. The van der Waals surface area contributed by atoms with Crippen molar-refractivity contribution in [1.82, 2.24) is 39.0 Å². The normalized spacial score (nSPS) is 11.8. The number of aromatic nitrogens is 8. The summed E-state index contributed by atoms with van der Waals surface area (Å²) in [7, 11) is 0. The molecule has 0 amide bonds. The Bertz CT molecular complexity index is 8170. The highest BCUT2D eigenvalue weighted by molar-refractivity contribution is 6.11. The minimum atomic E-state index is -0.512. The van der Waals surface area contributed by atoms with Gasteiger partial charge in [0, 0.05) is 88.9 Å². The zero-order valence-electron chi connectivity index (χ0n) is 75.3. The van der Waals surface area contributed by atoms with Crippen LogP contribution < -0.4 is 0 Å². The number of nitrogens with zero attached hydrogens (tertiary/aromatic N) is 8. The van der Waals surface area contributed by atoms with Crippen LogP contribution in [0.4, 0.5) is 0 Å². The standard InChI is InChI=1S/C54H38N2.C40H27N3.C35H25N3.3CH4/c1-6-18-38(19-7-1)50-37-51(56-53(55-50)41-20-8-2-9-21-41)39-30-32-40(33-31-39)52-47-29-17-16-28-46(47)49-36-45(34-35-48(49)52)54(42-22-10-3-11-23-42,43-24-12-4-13-25-43)44-26-14-5-15-27-44;1-4-12-28(13-5-1)32-22-25-39-35(26-32)34-18-10-11-19-38(34)43(39)33-23-20-30(21-24-33)37-27-36(29-14-6-2-7-15-29)41-40(42-37)31-16-8-3-9-17-31;1-24-16-21-34-30(22-24)29-14-8-9-15-33(29)38(34)28-19-17-27(18-20-28)35-36-31(25-10-4-2-5-11-25)23-32(37-35)26-12-6-3-7-13-26;;;/h1-37,52H;1-27H;2-23H,1H3;3*1H4. The number of fused-ring (bicyclic) bond motifs is 9. The maximum atomic E-state index is 5.09. The number of aryl methyl sites for hydroxylation is 1. The smallest absolute Gasteiger partial charge is 0.160 e. The second-order valence-corrected chi connectivity index (χ2v) is 34.8. The minimum Gasteiger partial charge on any atom is -0.309 e. The number of hydrogen-bond donors (Lipinski definition) is 0. The summed E-state index contributed by atoms with van der Waals surface area (Å²) in [6, 6.07) is 185. The average Bonchev–Trinajstić information content (AvgIpc) is 1.32. The van der Waals surface area contributed by atoms with Gasteiger partial charge >= 0.3 is 0 Å². The van der Waals surface area contributed by atoms with E-state index >= 15 is 0 Å². The summed E-state index contributed by atoms with van der Waals surface area (Å²) in [5, 5.41) is 5.03. The van der Waals surface area contributed by atoms with Crippen molar-refractivity contribution >= 4 is 43.6 Å². The molecule has 5 heterocycles. The summed E-state index contributed by atoms with van der Waals surface area (Å²) in [6.45, 7) is 2.15. The molecule has 0 fully saturated rings. The van der Waals surface area contributed by atoms with Gasteiger partial charge in [-0.3, -0.25) is 0 Å². The zero-order valence-corrected chi connectivity index (χ0v) is 75.3. The van der Waals surface area contributed by atoms with Gasteiger partial charge in [0.25, 0.3) is 0 Å². The predicted octanol–water partition coefficient (Wildman–Crippen LogP) is 34.1. The average molecular weight is 1800 g/mol. The SMILES string of the molecule is C.C.C.Cc1ccc2c(c1)c1ccccc1n2-c1ccc(-c2nc(-c3ccccc3)cc(-c3ccccc3)n2)cc1.c1ccc(-c2cc(-c3ccc(C4c5ccccc5-c5cc(C(c6ccccc6)(c6ccccc6)c6ccccc6)ccc54)cc3)nc(-c3ccccc3)n2)cc1.c1ccc(-c2ccc3c(c2)c2ccccc2n3-c2ccc(-c3cc(-c4ccccc4)nc(-c4ccccc4)n3)cc2)cc1. The van der Waals surface area contributed by atoms with Gasteiger partial charge in [0.05, 0.1) is 61.6 Å². The van der Waals surface area contributed by atoms with E-state index in [9.17, 15) is 0 Å². The van der Waals surface area contributed by atoms with Gasteiger partial charge in [0.2, 0.25) is 0 Å². The van der Waals surface area contributed by atoms with Crippen molar-refractivity contribution in [2.75, 3.05) is 0 Å². The summed E-state index contributed by atoms with van der Waals surface area (Å²) in [5.74, 6) is 2.26. The van der Waals surface area contributed by atoms with Gasteiger partial charge in [-0.15, -0.1) is 0 Å². The van der Waals surface area contributed by atoms with E-state index in [2.05, 4.69) is 441 Å². The first kappa shape index (κ1) is 89.9. The molecule has 8 nitrogen and oxygen atoms in total. The van der Waals surface area contributed by atoms with Gasteiger partial charge in [-0.25, -0.2) is 29.9 Å². The molecule has 1 atom stereocenters. The second-order valence-electron chi connectivity index (χ2n) is 34.8. The third-order valence-corrected chi connectivity index (χ3v) is 26.5. The largest absolute Gasteiger partial charge is 0.309 e. The molecule has 0 N–H and O–H groups in total. The van der Waals surface area contributed by atoms with Gasteiger partial charge in [-0.1, -0.05) is 452 Å². The summed E-state index contributed by atoms with van der Waals surface area (Å²) in [5.41, 5.74) is 36.5. The van der Waals surface area contributed by atoms with Crippen LogP contribution >= 0.6 is 0 Å². The molecule has 1 unspecified atom stereocenters. The van der Waals surface area contributed by atoms with Crippen molar-refractivity contribution in [3.05, 3.63) is 566 Å². The fourth-order valence-electron chi connectivity index (χ4n) is 19.9. The Hall–Kier alpha value is -18.0. The van der Waals surface area contributed by atoms with E-state index in [1.807, 2.05) is 97.1 Å². The predicted molar refractivity (Wildman–Crippen MR) is 585 cm³/mol. The van der Waals surface area contributed by atoms with Gasteiger partial charge in [0.1, 0.15) is 0 Å². The van der Waals surface area contributed by atoms with Crippen molar-refractivity contribution in [3.63, 3.8) is 0 Å². The molecule has 0 saturated carbocycles. The van der Waals surface area contributed by atoms with Gasteiger partial charge in [-0.05, 0) is 165 Å². The number of benzene rings is 19. The Morgan fingerprint density at radius 3 is 0.879 bits per heavy atom. The molecule has 0 bridgehead atoms. The van der Waals surface area contributed by atoms with Crippen molar-refractivity contribution in [2.45, 2.75) is 40.5 Å². The highest BCUT2D eigenvalue weighted by atomic mass is 15.0. The van der Waals surface area contributed by atoms with Crippen LogP contribution in [0.5, 0.6) is 0 Å². The molecule has 0 radical (unpaired) electrons. The molecule has 1 aliphatic rings. The first-order valence-electron chi connectivity index (χ1n) is 46.6. The number of hydrogen-bond acceptors (Lipinski definition) is 6. The van der Waals surface area contributed by atoms with Crippen LogP contribution in [0.2, 0.25) is 0 Å². The summed E-state index contributed by atoms with van der Waals surface area (Å²) >= 11 is 0. The maximum Gasteiger partial charge on any atom is 0.160 e. The van der Waals surface area contributed by atoms with E-state index in [0.29, 0.717) is 0 Å². The molecular formula is C132H102N8. The second kappa shape index (κ2) is 39.9. The topological polar surface area (TPSA) is 87.2 Å². The van der Waals surface area contributed by atoms with Crippen LogP contribution in [-0.4, -0.2) is 39.0 Å². The molecule has 670 valence electrons. The number of para-hydroxylation sites is 2. The Morgan fingerprint density at radius 2 is 0.479 bits per heavy atom. The molecule has 0 saturated heterocycles. The molecular weight excluding hydrogens is 1700 g/mol. The molecule has 5 aromatic heterocycles. The quantitative estimate of drug-likeness (QED) is 0.0844. The van der Waals surface area contributed by atoms with Gasteiger partial charge < -0.3 is 9.13 Å². The van der Waals surface area contributed by atoms with Crippen LogP contribution in [0.15, 0.2) is 522 Å². The molecule has 1 aliphatic carbocycles. The minimum absolute atomic E-state index is 0. The Balaban J connectivity index is 0.000000130. The fraction of sp³-hybridized carbons (Fsp3) is 0.0455. The van der Waals surface area contributed by atoms with E-state index < -0.39 is 5.41 Å². The lowest BCUT2D eigenvalue weighted by Gasteiger charge is -2.37. The first-order valence-corrected chi connectivity index (χ1v) is 46.6. The zero-order chi connectivity index (χ0) is 91.4. The highest BCUT2D eigenvalue weighted by Crippen LogP contribution is 2.53. The molecule has 0 spiro atoms. The molecule has 19 aromatic carbocycles. The van der Waals surface area contributed by atoms with Crippen LogP contribution in [0.25, 0.3) is 179 Å². The van der Waals surface area contributed by atoms with E-state index in [-0.39, 0.29) is 28.2 Å². The lowest BCUT2D eigenvalue weighted by atomic mass is 9.64. The van der Waals surface area contributed by atoms with E-state index in [4.69, 9.17) is 29.9 Å². The van der Waals surface area contributed by atoms with Crippen molar-refractivity contribution < 1.29 is 0 Å². The van der Waals surface area contributed by atoms with Crippen molar-refractivity contribution in [1.29, 1.82) is 0 Å². The van der Waals surface area contributed by atoms with Gasteiger partial charge in [-0.2, -0.15) is 0 Å². The van der Waals surface area contributed by atoms with Crippen molar-refractivity contribution in [2.24, 2.45) is 0 Å². The molecule has 25 rings (SSSR count). The van der Waals surface area contributed by atoms with Crippen LogP contribution in [0.1, 0.15) is 72.7 Å². The lowest BCUT2D eigenvalue weighted by Crippen LogP contribution is -2.31. The summed E-state index contributed by atoms with van der Waals surface area (Å²) in [4.78, 5) is 30.0. The Kier molecular flexibility index (Phi) is 25.6. The third-order valence-electron chi connectivity index (χ3n) is 26.5. The van der Waals surface area contributed by atoms with E-state index in [1.165, 1.54) is 110 Å². The first-order chi connectivity index (χ1) is 67.8. The van der Waals surface area contributed by atoms with Crippen LogP contribution in [0.3, 0.4) is 0 Å². The van der Waals surface area contributed by atoms with Crippen LogP contribution in [0, 0.1) is 6.92 Å². The molecule has 140 heavy (non-hydrogen) atoms. The highest BCUT2D eigenvalue weighted by Gasteiger charge is 2.41. The maximum absolute atomic E-state index is 5.09. The summed E-state index contributed by atoms with van der Waals surface area (Å²) in [6.07, 6.45) is 0. The number of rotatable bonds is 17. The molecule has 8 heteroatoms. The fourth-order valence-corrected chi connectivity index (χ4v) is 19.9. The Morgan fingerprint density at radius 1 is 0.193 bits per heavy atom. The molecule has 0 aliphatic heterocycles. The van der Waals surface area contributed by atoms with E-state index in [0.717, 1.165) is 113 Å². The van der Waals surface area contributed by atoms with E-state index in [1.54, 1.807) is 0 Å².